The summed E-state index contributed by atoms with van der Waals surface area (Å²) in [6, 6.07) is 7.63. The molecule has 1 aliphatic rings. The first-order valence-electron chi connectivity index (χ1n) is 10.3. The van der Waals surface area contributed by atoms with E-state index in [4.69, 9.17) is 11.6 Å². The molecule has 1 N–H and O–H groups in total. The Balaban J connectivity index is 1.62. The quantitative estimate of drug-likeness (QED) is 0.561. The van der Waals surface area contributed by atoms with Crippen LogP contribution in [0.5, 0.6) is 0 Å². The van der Waals surface area contributed by atoms with Gasteiger partial charge >= 0.3 is 0 Å². The molecule has 1 saturated heterocycles. The monoisotopic (exact) mass is 459 g/mol. The number of carbonyl (C=O) groups is 1. The van der Waals surface area contributed by atoms with Gasteiger partial charge in [-0.15, -0.1) is 10.2 Å². The highest BCUT2D eigenvalue weighted by atomic mass is 35.5. The Bertz CT molecular complexity index is 1100. The molecule has 164 valence electrons. The van der Waals surface area contributed by atoms with E-state index in [0.29, 0.717) is 10.2 Å². The van der Waals surface area contributed by atoms with Crippen LogP contribution in [0.15, 0.2) is 29.4 Å². The average molecular weight is 460 g/mol. The molecule has 0 aliphatic carbocycles. The van der Waals surface area contributed by atoms with E-state index in [1.165, 1.54) is 11.8 Å². The van der Waals surface area contributed by atoms with E-state index in [1.807, 2.05) is 56.7 Å². The minimum absolute atomic E-state index is 0.111. The predicted molar refractivity (Wildman–Crippen MR) is 124 cm³/mol. The van der Waals surface area contributed by atoms with Crippen LogP contribution in [0.3, 0.4) is 0 Å². The zero-order valence-corrected chi connectivity index (χ0v) is 19.7. The van der Waals surface area contributed by atoms with Crippen molar-refractivity contribution in [2.24, 2.45) is 7.05 Å². The number of carbonyl (C=O) groups excluding carboxylic acids is 1. The van der Waals surface area contributed by atoms with Gasteiger partial charge in [0.2, 0.25) is 11.9 Å². The van der Waals surface area contributed by atoms with Gasteiger partial charge in [-0.3, -0.25) is 14.0 Å². The number of hydrogen-bond donors (Lipinski definition) is 1. The lowest BCUT2D eigenvalue weighted by atomic mass is 10.3. The Morgan fingerprint density at radius 3 is 2.55 bits per heavy atom. The summed E-state index contributed by atoms with van der Waals surface area (Å²) in [6.45, 7) is 7.55. The summed E-state index contributed by atoms with van der Waals surface area (Å²) in [4.78, 5) is 15.2. The van der Waals surface area contributed by atoms with Crippen LogP contribution in [0, 0.1) is 13.8 Å². The number of halogens is 1. The Morgan fingerprint density at radius 2 is 1.90 bits per heavy atom. The number of nitrogens with one attached hydrogen (secondary N) is 1. The normalized spacial score (nSPS) is 14.8. The number of para-hydroxylation sites is 1. The largest absolute Gasteiger partial charge is 0.341 e. The van der Waals surface area contributed by atoms with Crippen molar-refractivity contribution in [1.82, 2.24) is 24.5 Å². The minimum Gasteiger partial charge on any atom is -0.341 e. The van der Waals surface area contributed by atoms with Crippen molar-refractivity contribution >= 4 is 40.9 Å². The maximum atomic E-state index is 12.9. The molecule has 1 aromatic carbocycles. The summed E-state index contributed by atoms with van der Waals surface area (Å²) in [6.07, 6.45) is 2.25. The highest BCUT2D eigenvalue weighted by Crippen LogP contribution is 2.33. The molecule has 10 heteroatoms. The molecule has 0 saturated carbocycles. The molecule has 8 nitrogen and oxygen atoms in total. The molecule has 31 heavy (non-hydrogen) atoms. The van der Waals surface area contributed by atoms with Crippen molar-refractivity contribution in [2.45, 2.75) is 44.0 Å². The fraction of sp³-hybridized carbons (Fsp3) is 0.429. The van der Waals surface area contributed by atoms with E-state index in [9.17, 15) is 4.79 Å². The van der Waals surface area contributed by atoms with Gasteiger partial charge in [0.15, 0.2) is 5.16 Å². The lowest BCUT2D eigenvalue weighted by Crippen LogP contribution is -2.24. The van der Waals surface area contributed by atoms with Crippen LogP contribution in [-0.2, 0) is 11.8 Å². The van der Waals surface area contributed by atoms with Crippen LogP contribution in [0.25, 0.3) is 5.69 Å². The lowest BCUT2D eigenvalue weighted by Gasteiger charge is -2.19. The summed E-state index contributed by atoms with van der Waals surface area (Å²) in [5.41, 5.74) is 3.27. The number of thioether (sulfide) groups is 1. The van der Waals surface area contributed by atoms with Crippen LogP contribution < -0.4 is 10.2 Å². The summed E-state index contributed by atoms with van der Waals surface area (Å²) in [5.74, 6) is 0.653. The Kier molecular flexibility index (Phi) is 6.24. The van der Waals surface area contributed by atoms with Gasteiger partial charge in [-0.1, -0.05) is 35.5 Å². The van der Waals surface area contributed by atoms with Crippen molar-refractivity contribution in [3.05, 3.63) is 40.7 Å². The third kappa shape index (κ3) is 4.29. The molecule has 1 atom stereocenters. The van der Waals surface area contributed by atoms with Crippen molar-refractivity contribution in [3.63, 3.8) is 0 Å². The zero-order valence-electron chi connectivity index (χ0n) is 18.1. The number of amides is 1. The molecule has 1 fully saturated rings. The van der Waals surface area contributed by atoms with E-state index >= 15 is 0 Å². The van der Waals surface area contributed by atoms with Gasteiger partial charge < -0.3 is 10.2 Å². The minimum atomic E-state index is -0.393. The number of aryl methyl sites for hydroxylation is 2. The number of anilines is 2. The molecule has 1 aliphatic heterocycles. The first-order chi connectivity index (χ1) is 14.9. The molecule has 1 amide bonds. The first-order valence-corrected chi connectivity index (χ1v) is 11.6. The number of rotatable bonds is 6. The summed E-state index contributed by atoms with van der Waals surface area (Å²) in [5, 5.41) is 17.1. The summed E-state index contributed by atoms with van der Waals surface area (Å²) < 4.78 is 3.72. The third-order valence-corrected chi connectivity index (χ3v) is 6.87. The van der Waals surface area contributed by atoms with Gasteiger partial charge in [0, 0.05) is 20.1 Å². The fourth-order valence-electron chi connectivity index (χ4n) is 3.70. The molecular formula is C21H26ClN7OS. The second kappa shape index (κ2) is 8.92. The lowest BCUT2D eigenvalue weighted by molar-refractivity contribution is -0.115. The van der Waals surface area contributed by atoms with Crippen molar-refractivity contribution in [3.8, 4) is 5.69 Å². The number of benzene rings is 1. The van der Waals surface area contributed by atoms with Crippen LogP contribution in [0.4, 0.5) is 11.6 Å². The molecule has 0 unspecified atom stereocenters. The molecule has 0 radical (unpaired) electrons. The molecular weight excluding hydrogens is 434 g/mol. The maximum absolute atomic E-state index is 12.9. The topological polar surface area (TPSA) is 80.9 Å². The van der Waals surface area contributed by atoms with E-state index in [0.717, 1.165) is 54.6 Å². The van der Waals surface area contributed by atoms with Gasteiger partial charge in [-0.25, -0.2) is 0 Å². The highest BCUT2D eigenvalue weighted by molar-refractivity contribution is 8.00. The second-order valence-corrected chi connectivity index (χ2v) is 9.40. The molecule has 3 heterocycles. The van der Waals surface area contributed by atoms with Gasteiger partial charge in [0.25, 0.3) is 0 Å². The molecule has 0 bridgehead atoms. The van der Waals surface area contributed by atoms with E-state index in [2.05, 4.69) is 25.5 Å². The fourth-order valence-corrected chi connectivity index (χ4v) is 4.77. The molecule has 3 aromatic rings. The number of aromatic nitrogens is 5. The molecule has 2 aromatic heterocycles. The Morgan fingerprint density at radius 1 is 1.19 bits per heavy atom. The summed E-state index contributed by atoms with van der Waals surface area (Å²) in [7, 11) is 1.86. The Hall–Kier alpha value is -2.52. The summed E-state index contributed by atoms with van der Waals surface area (Å²) >= 11 is 7.88. The average Bonchev–Trinajstić information content (AvgIpc) is 3.45. The van der Waals surface area contributed by atoms with Gasteiger partial charge in [-0.2, -0.15) is 5.10 Å². The third-order valence-electron chi connectivity index (χ3n) is 5.51. The van der Waals surface area contributed by atoms with E-state index in [-0.39, 0.29) is 5.91 Å². The highest BCUT2D eigenvalue weighted by Gasteiger charge is 2.26. The van der Waals surface area contributed by atoms with Crippen LogP contribution in [0.2, 0.25) is 5.02 Å². The number of hydrogen-bond acceptors (Lipinski definition) is 6. The SMILES string of the molecule is Cc1nn(C)c(C)c1NC(=O)[C@H](C)Sc1nnc(N2CCCC2)n1-c1ccccc1Cl. The maximum Gasteiger partial charge on any atom is 0.237 e. The standard InChI is InChI=1S/C21H26ClN7OS/c1-13-18(14(2)27(4)26-13)23-19(30)15(3)31-21-25-24-20(28-11-7-8-12-28)29(21)17-10-6-5-9-16(17)22/h5-6,9-10,15H,7-8,11-12H2,1-4H3,(H,23,30)/t15-/m0/s1. The van der Waals surface area contributed by atoms with Crippen LogP contribution >= 0.6 is 23.4 Å². The van der Waals surface area contributed by atoms with Crippen molar-refractivity contribution in [2.75, 3.05) is 23.3 Å². The predicted octanol–water partition coefficient (Wildman–Crippen LogP) is 3.99. The molecule has 0 spiro atoms. The van der Waals surface area contributed by atoms with Gasteiger partial charge in [0.05, 0.1) is 33.0 Å². The smallest absolute Gasteiger partial charge is 0.237 e. The van der Waals surface area contributed by atoms with Crippen molar-refractivity contribution < 1.29 is 4.79 Å². The van der Waals surface area contributed by atoms with Crippen LogP contribution in [0.1, 0.15) is 31.2 Å². The van der Waals surface area contributed by atoms with Crippen molar-refractivity contribution in [1.29, 1.82) is 0 Å². The van der Waals surface area contributed by atoms with E-state index < -0.39 is 5.25 Å². The first kappa shape index (κ1) is 21.7. The van der Waals surface area contributed by atoms with E-state index in [1.54, 1.807) is 4.68 Å². The zero-order chi connectivity index (χ0) is 22.1. The Labute approximate surface area is 191 Å². The second-order valence-electron chi connectivity index (χ2n) is 7.68. The van der Waals surface area contributed by atoms with Gasteiger partial charge in [-0.05, 0) is 45.7 Å². The van der Waals surface area contributed by atoms with Gasteiger partial charge in [0.1, 0.15) is 0 Å². The molecule has 4 rings (SSSR count). The van der Waals surface area contributed by atoms with Crippen LogP contribution in [-0.4, -0.2) is 48.8 Å². The number of nitrogens with zero attached hydrogens (tertiary/aromatic N) is 6.